The van der Waals surface area contributed by atoms with Crippen LogP contribution in [0.4, 0.5) is 10.6 Å². The minimum atomic E-state index is -2.69. The van der Waals surface area contributed by atoms with Crippen molar-refractivity contribution >= 4 is 27.2 Å². The quantitative estimate of drug-likeness (QED) is 0.513. The molecule has 202 valence electrons. The predicted molar refractivity (Wildman–Crippen MR) is 144 cm³/mol. The molecule has 0 aromatic carbocycles. The van der Waals surface area contributed by atoms with Crippen molar-refractivity contribution in [1.82, 2.24) is 14.6 Å². The number of aromatic nitrogens is 3. The average Bonchev–Trinajstić information content (AvgIpc) is 3.24. The number of fused-ring (bicyclic) bond motifs is 1. The topological polar surface area (TPSA) is 142 Å². The van der Waals surface area contributed by atoms with Gasteiger partial charge in [-0.1, -0.05) is 0 Å². The highest BCUT2D eigenvalue weighted by molar-refractivity contribution is 7.94. The third kappa shape index (κ3) is 6.59. The monoisotopic (exact) mass is 540 g/mol. The molecule has 12 heteroatoms. The molecule has 1 amide bonds. The molecule has 3 aromatic rings. The summed E-state index contributed by atoms with van der Waals surface area (Å²) in [5.41, 5.74) is 0.796. The third-order valence-electron chi connectivity index (χ3n) is 5.68. The van der Waals surface area contributed by atoms with Crippen LogP contribution in [0.15, 0.2) is 41.2 Å². The van der Waals surface area contributed by atoms with E-state index in [-0.39, 0.29) is 18.1 Å². The van der Waals surface area contributed by atoms with Gasteiger partial charge in [-0.2, -0.15) is 10.4 Å². The summed E-state index contributed by atoms with van der Waals surface area (Å²) in [6.07, 6.45) is 4.07. The molecule has 1 aliphatic heterocycles. The lowest BCUT2D eigenvalue weighted by Gasteiger charge is -2.29. The number of carbonyl (C=O) groups excluding carboxylic acids is 1. The van der Waals surface area contributed by atoms with Crippen molar-refractivity contribution < 1.29 is 23.6 Å². The Balaban J connectivity index is 1.55. The summed E-state index contributed by atoms with van der Waals surface area (Å²) < 4.78 is 29.5. The van der Waals surface area contributed by atoms with Crippen molar-refractivity contribution in [3.8, 4) is 22.9 Å². The lowest BCUT2D eigenvalue weighted by Crippen LogP contribution is -2.41. The minimum absolute atomic E-state index is 0.0832. The maximum Gasteiger partial charge on any atom is 0.442 e. The Morgan fingerprint density at radius 3 is 2.50 bits per heavy atom. The zero-order valence-electron chi connectivity index (χ0n) is 22.2. The molecule has 1 saturated heterocycles. The summed E-state index contributed by atoms with van der Waals surface area (Å²) in [4.78, 5) is 18.7. The second-order valence-corrected chi connectivity index (χ2v) is 13.3. The molecule has 38 heavy (non-hydrogen) atoms. The first-order valence-electron chi connectivity index (χ1n) is 12.2. The molecule has 1 fully saturated rings. The van der Waals surface area contributed by atoms with Gasteiger partial charge in [-0.25, -0.2) is 18.5 Å². The molecule has 4 heterocycles. The number of rotatable bonds is 5. The van der Waals surface area contributed by atoms with Gasteiger partial charge >= 0.3 is 6.09 Å². The average molecular weight is 541 g/mol. The van der Waals surface area contributed by atoms with Gasteiger partial charge < -0.3 is 19.5 Å². The number of pyridine rings is 2. The van der Waals surface area contributed by atoms with Gasteiger partial charge in [0.15, 0.2) is 0 Å². The molecule has 0 bridgehead atoms. The molecule has 1 N–H and O–H groups in total. The molecule has 0 spiro atoms. The lowest BCUT2D eigenvalue weighted by molar-refractivity contribution is 0.0283. The Morgan fingerprint density at radius 1 is 1.21 bits per heavy atom. The van der Waals surface area contributed by atoms with E-state index >= 15 is 0 Å². The van der Waals surface area contributed by atoms with E-state index in [0.717, 1.165) is 5.56 Å². The maximum absolute atomic E-state index is 13.0. The van der Waals surface area contributed by atoms with E-state index in [1.54, 1.807) is 57.6 Å². The smallest absolute Gasteiger partial charge is 0.442 e. The van der Waals surface area contributed by atoms with Gasteiger partial charge in [0.05, 0.1) is 50.3 Å². The van der Waals surface area contributed by atoms with Gasteiger partial charge in [0.1, 0.15) is 29.8 Å². The number of ether oxygens (including phenoxy) is 2. The van der Waals surface area contributed by atoms with E-state index in [4.69, 9.17) is 9.47 Å². The first-order valence-corrected chi connectivity index (χ1v) is 14.0. The fourth-order valence-electron chi connectivity index (χ4n) is 3.93. The summed E-state index contributed by atoms with van der Waals surface area (Å²) >= 11 is 0. The summed E-state index contributed by atoms with van der Waals surface area (Å²) in [6.45, 7) is 9.48. The summed E-state index contributed by atoms with van der Waals surface area (Å²) in [5, 5.41) is 23.9. The molecule has 0 atom stereocenters. The molecule has 0 unspecified atom stereocenters. The first-order chi connectivity index (χ1) is 17.8. The van der Waals surface area contributed by atoms with Gasteiger partial charge in [0.25, 0.3) is 0 Å². The zero-order chi connectivity index (χ0) is 27.7. The van der Waals surface area contributed by atoms with E-state index in [0.29, 0.717) is 41.3 Å². The number of hydrogen-bond acceptors (Lipinski definition) is 9. The maximum atomic E-state index is 13.0. The van der Waals surface area contributed by atoms with Crippen LogP contribution in [0.3, 0.4) is 0 Å². The van der Waals surface area contributed by atoms with Crippen LogP contribution in [0, 0.1) is 11.3 Å². The van der Waals surface area contributed by atoms with Crippen LogP contribution in [0.1, 0.15) is 40.2 Å². The Kier molecular flexibility index (Phi) is 7.36. The Labute approximate surface area is 222 Å². The van der Waals surface area contributed by atoms with Gasteiger partial charge in [0.2, 0.25) is 0 Å². The van der Waals surface area contributed by atoms with Gasteiger partial charge in [-0.3, -0.25) is 0 Å². The molecule has 3 aromatic heterocycles. The third-order valence-corrected chi connectivity index (χ3v) is 7.80. The number of carbonyl (C=O) groups is 1. The van der Waals surface area contributed by atoms with E-state index in [9.17, 15) is 19.4 Å². The van der Waals surface area contributed by atoms with Crippen molar-refractivity contribution in [3.63, 3.8) is 0 Å². The SMILES string of the molecule is CC(C)(O)COc1cc(-c2ccc(N3CCS(=O)(=NC(=O)OC(C)(C)C)CC3)nc2)c2c(C#N)cnn2c1. The fourth-order valence-corrected chi connectivity index (χ4v) is 5.63. The number of hydrogen-bond donors (Lipinski definition) is 1. The van der Waals surface area contributed by atoms with Gasteiger partial charge in [-0.15, -0.1) is 4.36 Å². The molecule has 0 aliphatic carbocycles. The number of amides is 1. The molecular weight excluding hydrogens is 508 g/mol. The highest BCUT2D eigenvalue weighted by atomic mass is 32.2. The van der Waals surface area contributed by atoms with Crippen molar-refractivity contribution in [2.45, 2.75) is 45.8 Å². The Hall–Kier alpha value is -3.69. The highest BCUT2D eigenvalue weighted by Crippen LogP contribution is 2.32. The standard InChI is InChI=1S/C26H32N6O5S/c1-25(2,3)37-24(33)30-38(35)10-8-31(9-11-38)22-7-6-18(14-28-22)21-12-20(36-17-26(4,5)34)16-32-23(21)19(13-27)15-29-32/h6-7,12,14-16,34H,8-11,17H2,1-5H3. The minimum Gasteiger partial charge on any atom is -0.489 e. The molecule has 11 nitrogen and oxygen atoms in total. The second kappa shape index (κ2) is 10.2. The van der Waals surface area contributed by atoms with Crippen LogP contribution in [0.5, 0.6) is 5.75 Å². The number of aliphatic hydroxyl groups is 1. The van der Waals surface area contributed by atoms with Crippen LogP contribution in [-0.2, 0) is 14.5 Å². The van der Waals surface area contributed by atoms with Crippen LogP contribution in [-0.4, -0.2) is 72.4 Å². The molecule has 0 saturated carbocycles. The Morgan fingerprint density at radius 2 is 1.92 bits per heavy atom. The molecule has 4 rings (SSSR count). The number of nitrogens with zero attached hydrogens (tertiary/aromatic N) is 6. The molecular formula is C26H32N6O5S. The number of nitriles is 1. The summed E-state index contributed by atoms with van der Waals surface area (Å²) in [5.74, 6) is 1.66. The zero-order valence-corrected chi connectivity index (χ0v) is 23.0. The van der Waals surface area contributed by atoms with E-state index < -0.39 is 27.0 Å². The van der Waals surface area contributed by atoms with Crippen molar-refractivity contribution in [2.75, 3.05) is 36.1 Å². The van der Waals surface area contributed by atoms with Crippen LogP contribution < -0.4 is 9.64 Å². The summed E-state index contributed by atoms with van der Waals surface area (Å²) in [7, 11) is -2.69. The van der Waals surface area contributed by atoms with Crippen LogP contribution in [0.2, 0.25) is 0 Å². The fraction of sp³-hybridized carbons (Fsp3) is 0.462. The lowest BCUT2D eigenvalue weighted by atomic mass is 10.1. The Bertz CT molecular complexity index is 1490. The highest BCUT2D eigenvalue weighted by Gasteiger charge is 2.25. The van der Waals surface area contributed by atoms with E-state index in [1.807, 2.05) is 17.0 Å². The van der Waals surface area contributed by atoms with Crippen LogP contribution in [0.25, 0.3) is 16.6 Å². The molecule has 1 aliphatic rings. The van der Waals surface area contributed by atoms with Crippen molar-refractivity contribution in [1.29, 1.82) is 5.26 Å². The predicted octanol–water partition coefficient (Wildman–Crippen LogP) is 3.64. The van der Waals surface area contributed by atoms with Crippen molar-refractivity contribution in [2.24, 2.45) is 4.36 Å². The van der Waals surface area contributed by atoms with E-state index in [1.165, 1.54) is 6.20 Å². The van der Waals surface area contributed by atoms with Crippen LogP contribution >= 0.6 is 0 Å². The molecule has 0 radical (unpaired) electrons. The van der Waals surface area contributed by atoms with Gasteiger partial charge in [-0.05, 0) is 52.8 Å². The van der Waals surface area contributed by atoms with Gasteiger partial charge in [0, 0.05) is 30.4 Å². The summed E-state index contributed by atoms with van der Waals surface area (Å²) in [6, 6.07) is 7.72. The first kappa shape index (κ1) is 27.3. The van der Waals surface area contributed by atoms with E-state index in [2.05, 4.69) is 20.5 Å². The number of anilines is 1. The normalized spacial score (nSPS) is 15.7. The second-order valence-electron chi connectivity index (χ2n) is 10.8. The largest absolute Gasteiger partial charge is 0.489 e. The van der Waals surface area contributed by atoms with Crippen molar-refractivity contribution in [3.05, 3.63) is 42.4 Å².